The van der Waals surface area contributed by atoms with Crippen LogP contribution in [0.1, 0.15) is 23.7 Å². The molecule has 1 saturated carbocycles. The Hall–Kier alpha value is -2.07. The van der Waals surface area contributed by atoms with Gasteiger partial charge in [0.25, 0.3) is 0 Å². The molecule has 1 fully saturated rings. The molecule has 0 aliphatic heterocycles. The molecule has 3 atom stereocenters. The maximum Gasteiger partial charge on any atom is 0.223 e. The zero-order chi connectivity index (χ0) is 14.7. The monoisotopic (exact) mass is 285 g/mol. The van der Waals surface area contributed by atoms with Crippen LogP contribution in [-0.2, 0) is 11.2 Å². The van der Waals surface area contributed by atoms with Crippen molar-refractivity contribution in [3.8, 4) is 0 Å². The Balaban J connectivity index is 1.42. The second-order valence-corrected chi connectivity index (χ2v) is 5.55. The Morgan fingerprint density at radius 1 is 1.29 bits per heavy atom. The summed E-state index contributed by atoms with van der Waals surface area (Å²) in [4.78, 5) is 12.0. The van der Waals surface area contributed by atoms with E-state index in [2.05, 4.69) is 5.32 Å². The molecular weight excluding hydrogens is 266 g/mol. The summed E-state index contributed by atoms with van der Waals surface area (Å²) in [6.45, 7) is 0.287. The van der Waals surface area contributed by atoms with E-state index < -0.39 is 6.10 Å². The lowest BCUT2D eigenvalue weighted by atomic mass is 10.1. The van der Waals surface area contributed by atoms with Gasteiger partial charge in [-0.15, -0.1) is 0 Å². The topological polar surface area (TPSA) is 62.5 Å². The lowest BCUT2D eigenvalue weighted by Gasteiger charge is -2.12. The number of rotatable bonds is 6. The van der Waals surface area contributed by atoms with Crippen molar-refractivity contribution >= 4 is 5.91 Å². The van der Waals surface area contributed by atoms with Crippen LogP contribution >= 0.6 is 0 Å². The number of aliphatic hydroxyl groups excluding tert-OH is 1. The Labute approximate surface area is 123 Å². The first-order chi connectivity index (χ1) is 10.2. The molecule has 110 valence electrons. The molecule has 4 nitrogen and oxygen atoms in total. The van der Waals surface area contributed by atoms with Crippen LogP contribution in [0.25, 0.3) is 0 Å². The van der Waals surface area contributed by atoms with Crippen LogP contribution in [0.15, 0.2) is 53.1 Å². The summed E-state index contributed by atoms with van der Waals surface area (Å²) in [5.74, 6) is 1.06. The molecular formula is C17H19NO3. The Morgan fingerprint density at radius 2 is 2.10 bits per heavy atom. The second-order valence-electron chi connectivity index (χ2n) is 5.55. The Bertz CT molecular complexity index is 579. The maximum atomic E-state index is 12.0. The summed E-state index contributed by atoms with van der Waals surface area (Å²) in [5.41, 5.74) is 1.07. The third kappa shape index (κ3) is 3.52. The lowest BCUT2D eigenvalue weighted by Crippen LogP contribution is -2.34. The van der Waals surface area contributed by atoms with Gasteiger partial charge < -0.3 is 14.8 Å². The largest absolute Gasteiger partial charge is 0.469 e. The van der Waals surface area contributed by atoms with E-state index in [0.717, 1.165) is 17.7 Å². The maximum absolute atomic E-state index is 12.0. The van der Waals surface area contributed by atoms with E-state index in [1.165, 1.54) is 0 Å². The van der Waals surface area contributed by atoms with Crippen LogP contribution in [0, 0.1) is 5.92 Å². The predicted molar refractivity (Wildman–Crippen MR) is 78.7 cm³/mol. The van der Waals surface area contributed by atoms with Crippen molar-refractivity contribution in [3.05, 3.63) is 60.1 Å². The van der Waals surface area contributed by atoms with E-state index in [1.807, 2.05) is 42.5 Å². The number of aliphatic hydroxyl groups is 1. The molecule has 3 unspecified atom stereocenters. The van der Waals surface area contributed by atoms with Crippen molar-refractivity contribution in [2.75, 3.05) is 6.54 Å². The Morgan fingerprint density at radius 3 is 2.81 bits per heavy atom. The van der Waals surface area contributed by atoms with E-state index in [1.54, 1.807) is 6.26 Å². The SMILES string of the molecule is O=C(NCC(O)Cc1ccccc1)C1CC1c1ccco1. The number of benzene rings is 1. The standard InChI is InChI=1S/C17H19NO3/c19-13(9-12-5-2-1-3-6-12)11-18-17(20)15-10-14(15)16-7-4-8-21-16/h1-8,13-15,19H,9-11H2,(H,18,20). The minimum Gasteiger partial charge on any atom is -0.469 e. The zero-order valence-electron chi connectivity index (χ0n) is 11.7. The molecule has 1 heterocycles. The molecule has 1 aliphatic carbocycles. The molecule has 2 aromatic rings. The molecule has 0 saturated heterocycles. The number of nitrogens with one attached hydrogen (secondary N) is 1. The number of carbonyl (C=O) groups is 1. The highest BCUT2D eigenvalue weighted by molar-refractivity contribution is 5.82. The molecule has 3 rings (SSSR count). The normalized spacial score (nSPS) is 21.8. The average molecular weight is 285 g/mol. The van der Waals surface area contributed by atoms with Crippen LogP contribution in [-0.4, -0.2) is 23.7 Å². The lowest BCUT2D eigenvalue weighted by molar-refractivity contribution is -0.122. The quantitative estimate of drug-likeness (QED) is 0.854. The first kappa shape index (κ1) is 13.9. The first-order valence-corrected chi connectivity index (χ1v) is 7.27. The fraction of sp³-hybridized carbons (Fsp3) is 0.353. The van der Waals surface area contributed by atoms with Crippen molar-refractivity contribution < 1.29 is 14.3 Å². The van der Waals surface area contributed by atoms with Gasteiger partial charge in [0.1, 0.15) is 5.76 Å². The highest BCUT2D eigenvalue weighted by Crippen LogP contribution is 2.47. The number of amides is 1. The molecule has 1 aliphatic rings. The highest BCUT2D eigenvalue weighted by atomic mass is 16.3. The van der Waals surface area contributed by atoms with Gasteiger partial charge >= 0.3 is 0 Å². The Kier molecular flexibility index (Phi) is 4.06. The molecule has 1 aromatic heterocycles. The van der Waals surface area contributed by atoms with E-state index in [9.17, 15) is 9.90 Å². The number of hydrogen-bond acceptors (Lipinski definition) is 3. The van der Waals surface area contributed by atoms with Crippen LogP contribution in [0.4, 0.5) is 0 Å². The molecule has 1 amide bonds. The molecule has 0 radical (unpaired) electrons. The van der Waals surface area contributed by atoms with Gasteiger partial charge in [0.15, 0.2) is 0 Å². The van der Waals surface area contributed by atoms with Crippen molar-refractivity contribution in [2.24, 2.45) is 5.92 Å². The molecule has 21 heavy (non-hydrogen) atoms. The van der Waals surface area contributed by atoms with Gasteiger partial charge in [0.05, 0.1) is 12.4 Å². The minimum atomic E-state index is -0.558. The van der Waals surface area contributed by atoms with Crippen LogP contribution in [0.2, 0.25) is 0 Å². The van der Waals surface area contributed by atoms with Crippen LogP contribution in [0.3, 0.4) is 0 Å². The summed E-state index contributed by atoms with van der Waals surface area (Å²) in [6.07, 6.45) is 2.45. The third-order valence-electron chi connectivity index (χ3n) is 3.86. The average Bonchev–Trinajstić information content (AvgIpc) is 3.11. The molecule has 1 aromatic carbocycles. The van der Waals surface area contributed by atoms with Crippen LogP contribution < -0.4 is 5.32 Å². The van der Waals surface area contributed by atoms with Crippen molar-refractivity contribution in [1.82, 2.24) is 5.32 Å². The van der Waals surface area contributed by atoms with Gasteiger partial charge in [-0.1, -0.05) is 30.3 Å². The molecule has 0 spiro atoms. The molecule has 2 N–H and O–H groups in total. The van der Waals surface area contributed by atoms with E-state index in [4.69, 9.17) is 4.42 Å². The van der Waals surface area contributed by atoms with Gasteiger partial charge in [-0.3, -0.25) is 4.79 Å². The highest BCUT2D eigenvalue weighted by Gasteiger charge is 2.45. The summed E-state index contributed by atoms with van der Waals surface area (Å²) >= 11 is 0. The number of furan rings is 1. The van der Waals surface area contributed by atoms with Gasteiger partial charge in [0.2, 0.25) is 5.91 Å². The fourth-order valence-electron chi connectivity index (χ4n) is 2.61. The summed E-state index contributed by atoms with van der Waals surface area (Å²) in [7, 11) is 0. The van der Waals surface area contributed by atoms with Gasteiger partial charge in [-0.05, 0) is 24.1 Å². The van der Waals surface area contributed by atoms with Crippen LogP contribution in [0.5, 0.6) is 0 Å². The smallest absolute Gasteiger partial charge is 0.223 e. The van der Waals surface area contributed by atoms with Gasteiger partial charge in [-0.25, -0.2) is 0 Å². The third-order valence-corrected chi connectivity index (χ3v) is 3.86. The van der Waals surface area contributed by atoms with Gasteiger partial charge in [0, 0.05) is 24.8 Å². The van der Waals surface area contributed by atoms with Crippen molar-refractivity contribution in [3.63, 3.8) is 0 Å². The van der Waals surface area contributed by atoms with Crippen molar-refractivity contribution in [1.29, 1.82) is 0 Å². The fourth-order valence-corrected chi connectivity index (χ4v) is 2.61. The summed E-state index contributed by atoms with van der Waals surface area (Å²) in [5, 5.41) is 12.8. The number of hydrogen-bond donors (Lipinski definition) is 2. The zero-order valence-corrected chi connectivity index (χ0v) is 11.7. The minimum absolute atomic E-state index is 0.00325. The van der Waals surface area contributed by atoms with E-state index in [-0.39, 0.29) is 24.3 Å². The van der Waals surface area contributed by atoms with Crippen molar-refractivity contribution in [2.45, 2.75) is 24.9 Å². The number of carbonyl (C=O) groups excluding carboxylic acids is 1. The second kappa shape index (κ2) is 6.14. The van der Waals surface area contributed by atoms with Gasteiger partial charge in [-0.2, -0.15) is 0 Å². The van der Waals surface area contributed by atoms with E-state index in [0.29, 0.717) is 6.42 Å². The summed E-state index contributed by atoms with van der Waals surface area (Å²) < 4.78 is 5.31. The molecule has 0 bridgehead atoms. The summed E-state index contributed by atoms with van der Waals surface area (Å²) in [6, 6.07) is 13.5. The first-order valence-electron chi connectivity index (χ1n) is 7.27. The predicted octanol–water partition coefficient (Wildman–Crippen LogP) is 2.10. The molecule has 4 heteroatoms. The van der Waals surface area contributed by atoms with E-state index >= 15 is 0 Å².